The molecule has 0 spiro atoms. The summed E-state index contributed by atoms with van der Waals surface area (Å²) in [5, 5.41) is 18.2. The molecule has 0 aliphatic rings. The molecule has 0 radical (unpaired) electrons. The van der Waals surface area contributed by atoms with Crippen molar-refractivity contribution in [2.75, 3.05) is 19.3 Å². The number of phenols is 1. The maximum Gasteiger partial charge on any atom is 0.303 e. The Morgan fingerprint density at radius 2 is 1.83 bits per heavy atom. The highest BCUT2D eigenvalue weighted by Gasteiger charge is 2.14. The molecule has 0 atom stereocenters. The molecule has 7 heteroatoms. The van der Waals surface area contributed by atoms with Gasteiger partial charge in [0.05, 0.1) is 6.26 Å². The van der Waals surface area contributed by atoms with Crippen LogP contribution in [0.25, 0.3) is 6.08 Å². The molecule has 0 aliphatic carbocycles. The standard InChI is InChI=1S/C17H25NO5S/c1-24(22,23)18(13-7-3-2-4-12-17(20)21)14-8-10-15-9-5-6-11-16(15)19/h5-6,8-11,19H,2-4,7,12-14H2,1H3,(H,20,21). The fraction of sp³-hybridized carbons (Fsp3) is 0.471. The molecule has 6 nitrogen and oxygen atoms in total. The number of phenolic OH excluding ortho intramolecular Hbond substituents is 1. The van der Waals surface area contributed by atoms with Crippen LogP contribution in [0.4, 0.5) is 0 Å². The summed E-state index contributed by atoms with van der Waals surface area (Å²) in [5.41, 5.74) is 0.639. The van der Waals surface area contributed by atoms with Gasteiger partial charge in [-0.05, 0) is 18.9 Å². The van der Waals surface area contributed by atoms with E-state index in [2.05, 4.69) is 0 Å². The number of rotatable bonds is 11. The van der Waals surface area contributed by atoms with Gasteiger partial charge in [-0.3, -0.25) is 4.79 Å². The zero-order valence-corrected chi connectivity index (χ0v) is 14.7. The highest BCUT2D eigenvalue weighted by molar-refractivity contribution is 7.88. The van der Waals surface area contributed by atoms with Gasteiger partial charge in [-0.1, -0.05) is 43.2 Å². The number of carboxylic acid groups (broad SMARTS) is 1. The topological polar surface area (TPSA) is 94.9 Å². The quantitative estimate of drug-likeness (QED) is 0.595. The van der Waals surface area contributed by atoms with E-state index in [1.807, 2.05) is 0 Å². The number of nitrogens with zero attached hydrogens (tertiary/aromatic N) is 1. The van der Waals surface area contributed by atoms with Gasteiger partial charge in [0, 0.05) is 25.1 Å². The van der Waals surface area contributed by atoms with E-state index >= 15 is 0 Å². The van der Waals surface area contributed by atoms with E-state index in [0.29, 0.717) is 24.9 Å². The lowest BCUT2D eigenvalue weighted by atomic mass is 10.1. The van der Waals surface area contributed by atoms with Gasteiger partial charge in [-0.15, -0.1) is 0 Å². The van der Waals surface area contributed by atoms with E-state index in [-0.39, 0.29) is 18.7 Å². The normalized spacial score (nSPS) is 12.1. The summed E-state index contributed by atoms with van der Waals surface area (Å²) in [7, 11) is -3.31. The Hall–Kier alpha value is -1.86. The summed E-state index contributed by atoms with van der Waals surface area (Å²) in [4.78, 5) is 10.4. The van der Waals surface area contributed by atoms with Crippen LogP contribution in [-0.4, -0.2) is 48.3 Å². The van der Waals surface area contributed by atoms with Crippen LogP contribution >= 0.6 is 0 Å². The molecule has 0 heterocycles. The summed E-state index contributed by atoms with van der Waals surface area (Å²) in [6, 6.07) is 6.84. The van der Waals surface area contributed by atoms with Gasteiger partial charge >= 0.3 is 5.97 Å². The Bertz CT molecular complexity index is 655. The molecule has 1 rings (SSSR count). The molecule has 0 amide bonds. The minimum absolute atomic E-state index is 0.151. The first-order valence-electron chi connectivity index (χ1n) is 7.92. The summed E-state index contributed by atoms with van der Waals surface area (Å²) in [5.74, 6) is -0.653. The van der Waals surface area contributed by atoms with Crippen LogP contribution in [0.3, 0.4) is 0 Å². The Labute approximate surface area is 143 Å². The minimum atomic E-state index is -3.31. The van der Waals surface area contributed by atoms with Crippen LogP contribution in [-0.2, 0) is 14.8 Å². The van der Waals surface area contributed by atoms with E-state index in [9.17, 15) is 18.3 Å². The third-order valence-corrected chi connectivity index (χ3v) is 4.83. The average Bonchev–Trinajstić information content (AvgIpc) is 2.49. The monoisotopic (exact) mass is 355 g/mol. The van der Waals surface area contributed by atoms with Crippen molar-refractivity contribution in [2.24, 2.45) is 0 Å². The third-order valence-electron chi connectivity index (χ3n) is 3.56. The van der Waals surface area contributed by atoms with Crippen molar-refractivity contribution in [3.8, 4) is 5.75 Å². The molecule has 0 saturated heterocycles. The predicted molar refractivity (Wildman–Crippen MR) is 94.3 cm³/mol. The highest BCUT2D eigenvalue weighted by atomic mass is 32.2. The second-order valence-electron chi connectivity index (χ2n) is 5.64. The van der Waals surface area contributed by atoms with Gasteiger partial charge in [0.1, 0.15) is 5.75 Å². The van der Waals surface area contributed by atoms with Crippen molar-refractivity contribution in [2.45, 2.75) is 32.1 Å². The summed E-state index contributed by atoms with van der Waals surface area (Å²) < 4.78 is 25.0. The SMILES string of the molecule is CS(=O)(=O)N(CC=Cc1ccccc1O)CCCCCCC(=O)O. The lowest BCUT2D eigenvalue weighted by Gasteiger charge is -2.18. The fourth-order valence-corrected chi connectivity index (χ4v) is 3.05. The number of carboxylic acids is 1. The van der Waals surface area contributed by atoms with Crippen molar-refractivity contribution in [3.05, 3.63) is 35.9 Å². The Kier molecular flexibility index (Phi) is 8.49. The number of benzene rings is 1. The first-order valence-corrected chi connectivity index (χ1v) is 9.77. The molecule has 0 unspecified atom stereocenters. The maximum absolute atomic E-state index is 11.8. The molecular formula is C17H25NO5S. The number of aliphatic carboxylic acids is 1. The van der Waals surface area contributed by atoms with Gasteiger partial charge in [0.25, 0.3) is 0 Å². The average molecular weight is 355 g/mol. The van der Waals surface area contributed by atoms with E-state index in [4.69, 9.17) is 5.11 Å². The van der Waals surface area contributed by atoms with E-state index in [1.54, 1.807) is 36.4 Å². The van der Waals surface area contributed by atoms with Crippen LogP contribution in [0.15, 0.2) is 30.3 Å². The Balaban J connectivity index is 2.46. The molecular weight excluding hydrogens is 330 g/mol. The molecule has 0 aliphatic heterocycles. The van der Waals surface area contributed by atoms with Gasteiger partial charge in [-0.2, -0.15) is 4.31 Å². The van der Waals surface area contributed by atoms with Crippen LogP contribution in [0.5, 0.6) is 5.75 Å². The second kappa shape index (κ2) is 10.1. The zero-order valence-electron chi connectivity index (χ0n) is 13.9. The molecule has 0 bridgehead atoms. The first kappa shape index (κ1) is 20.2. The largest absolute Gasteiger partial charge is 0.507 e. The number of carbonyl (C=O) groups is 1. The molecule has 0 fully saturated rings. The maximum atomic E-state index is 11.8. The second-order valence-corrected chi connectivity index (χ2v) is 7.62. The summed E-state index contributed by atoms with van der Waals surface area (Å²) >= 11 is 0. The smallest absolute Gasteiger partial charge is 0.303 e. The summed E-state index contributed by atoms with van der Waals surface area (Å²) in [6.45, 7) is 0.638. The van der Waals surface area contributed by atoms with E-state index in [0.717, 1.165) is 12.8 Å². The lowest BCUT2D eigenvalue weighted by molar-refractivity contribution is -0.137. The molecule has 0 saturated carbocycles. The zero-order chi connectivity index (χ0) is 18.0. The number of aromatic hydroxyl groups is 1. The lowest BCUT2D eigenvalue weighted by Crippen LogP contribution is -2.31. The fourth-order valence-electron chi connectivity index (χ4n) is 2.24. The number of unbranched alkanes of at least 4 members (excludes halogenated alkanes) is 3. The van der Waals surface area contributed by atoms with Crippen LogP contribution in [0.2, 0.25) is 0 Å². The molecule has 2 N–H and O–H groups in total. The van der Waals surface area contributed by atoms with Gasteiger partial charge in [0.2, 0.25) is 10.0 Å². The minimum Gasteiger partial charge on any atom is -0.507 e. The summed E-state index contributed by atoms with van der Waals surface area (Å²) in [6.07, 6.45) is 7.60. The van der Waals surface area contributed by atoms with Crippen LogP contribution in [0.1, 0.15) is 37.7 Å². The van der Waals surface area contributed by atoms with Crippen molar-refractivity contribution in [1.29, 1.82) is 0 Å². The predicted octanol–water partition coefficient (Wildman–Crippen LogP) is 2.70. The first-order chi connectivity index (χ1) is 11.3. The van der Waals surface area contributed by atoms with Crippen LogP contribution in [0, 0.1) is 0 Å². The molecule has 1 aromatic carbocycles. The Morgan fingerprint density at radius 1 is 1.17 bits per heavy atom. The van der Waals surface area contributed by atoms with E-state index in [1.165, 1.54) is 10.6 Å². The van der Waals surface area contributed by atoms with Crippen molar-refractivity contribution >= 4 is 22.1 Å². The van der Waals surface area contributed by atoms with Crippen molar-refractivity contribution < 1.29 is 23.4 Å². The molecule has 1 aromatic rings. The van der Waals surface area contributed by atoms with Crippen molar-refractivity contribution in [3.63, 3.8) is 0 Å². The van der Waals surface area contributed by atoms with Crippen LogP contribution < -0.4 is 0 Å². The van der Waals surface area contributed by atoms with Crippen molar-refractivity contribution in [1.82, 2.24) is 4.31 Å². The number of hydrogen-bond acceptors (Lipinski definition) is 4. The number of para-hydroxylation sites is 1. The highest BCUT2D eigenvalue weighted by Crippen LogP contribution is 2.17. The number of sulfonamides is 1. The van der Waals surface area contributed by atoms with Gasteiger partial charge in [0.15, 0.2) is 0 Å². The molecule has 0 aromatic heterocycles. The van der Waals surface area contributed by atoms with Gasteiger partial charge in [-0.25, -0.2) is 8.42 Å². The third kappa shape index (κ3) is 8.12. The number of hydrogen-bond donors (Lipinski definition) is 2. The molecule has 24 heavy (non-hydrogen) atoms. The van der Waals surface area contributed by atoms with E-state index < -0.39 is 16.0 Å². The molecule has 134 valence electrons. The Morgan fingerprint density at radius 3 is 2.46 bits per heavy atom. The van der Waals surface area contributed by atoms with Gasteiger partial charge < -0.3 is 10.2 Å².